The molecule has 2 fully saturated rings. The predicted octanol–water partition coefficient (Wildman–Crippen LogP) is 1.87. The summed E-state index contributed by atoms with van der Waals surface area (Å²) in [5.74, 6) is 0.954. The third-order valence-electron chi connectivity index (χ3n) is 3.45. The number of aryl methyl sites for hydroxylation is 1. The Morgan fingerprint density at radius 3 is 2.82 bits per heavy atom. The molecule has 2 aliphatic rings. The van der Waals surface area contributed by atoms with Crippen LogP contribution in [0.1, 0.15) is 12.0 Å². The van der Waals surface area contributed by atoms with Crippen LogP contribution in [0.2, 0.25) is 0 Å². The van der Waals surface area contributed by atoms with Crippen LogP contribution in [0.3, 0.4) is 0 Å². The van der Waals surface area contributed by atoms with E-state index in [2.05, 4.69) is 0 Å². The zero-order valence-corrected chi connectivity index (χ0v) is 11.3. The summed E-state index contributed by atoms with van der Waals surface area (Å²) < 4.78 is 26.7. The maximum Gasteiger partial charge on any atom is 0.243 e. The molecule has 0 N–H and O–H groups in total. The van der Waals surface area contributed by atoms with Gasteiger partial charge in [-0.3, -0.25) is 0 Å². The molecule has 0 aromatic heterocycles. The molecule has 3 rings (SSSR count). The van der Waals surface area contributed by atoms with E-state index < -0.39 is 10.0 Å². The highest BCUT2D eigenvalue weighted by atomic mass is 32.2. The van der Waals surface area contributed by atoms with Crippen molar-refractivity contribution < 1.29 is 8.42 Å². The van der Waals surface area contributed by atoms with Crippen molar-refractivity contribution in [2.24, 2.45) is 0 Å². The summed E-state index contributed by atoms with van der Waals surface area (Å²) in [6, 6.07) is 7.40. The highest BCUT2D eigenvalue weighted by Crippen LogP contribution is 2.40. The van der Waals surface area contributed by atoms with E-state index in [0.717, 1.165) is 17.7 Å². The van der Waals surface area contributed by atoms with Crippen molar-refractivity contribution in [1.29, 1.82) is 0 Å². The Balaban J connectivity index is 1.96. The molecule has 0 spiro atoms. The van der Waals surface area contributed by atoms with Crippen LogP contribution in [0, 0.1) is 6.92 Å². The average molecular weight is 269 g/mol. The summed E-state index contributed by atoms with van der Waals surface area (Å²) in [5.41, 5.74) is 0.991. The van der Waals surface area contributed by atoms with Gasteiger partial charge in [0.2, 0.25) is 10.0 Å². The van der Waals surface area contributed by atoms with Crippen molar-refractivity contribution in [2.45, 2.75) is 29.5 Å². The van der Waals surface area contributed by atoms with Gasteiger partial charge in [-0.25, -0.2) is 8.42 Å². The van der Waals surface area contributed by atoms with E-state index in [4.69, 9.17) is 0 Å². The van der Waals surface area contributed by atoms with Crippen molar-refractivity contribution in [3.8, 4) is 0 Å². The number of hydrogen-bond acceptors (Lipinski definition) is 3. The van der Waals surface area contributed by atoms with Gasteiger partial charge in [0.15, 0.2) is 0 Å². The van der Waals surface area contributed by atoms with Gasteiger partial charge in [-0.2, -0.15) is 16.1 Å². The summed E-state index contributed by atoms with van der Waals surface area (Å²) in [7, 11) is -3.27. The molecule has 0 radical (unpaired) electrons. The highest BCUT2D eigenvalue weighted by molar-refractivity contribution is 8.00. The number of benzene rings is 1. The lowest BCUT2D eigenvalue weighted by molar-refractivity contribution is 0.410. The molecular formula is C12H15NO2S2. The molecule has 1 aromatic carbocycles. The Labute approximate surface area is 106 Å². The van der Waals surface area contributed by atoms with Crippen molar-refractivity contribution in [3.05, 3.63) is 29.8 Å². The molecule has 5 heteroatoms. The first-order valence-electron chi connectivity index (χ1n) is 5.77. The van der Waals surface area contributed by atoms with E-state index in [0.29, 0.717) is 16.7 Å². The van der Waals surface area contributed by atoms with Crippen LogP contribution < -0.4 is 0 Å². The maximum absolute atomic E-state index is 12.5. The van der Waals surface area contributed by atoms with Crippen molar-refractivity contribution in [3.63, 3.8) is 0 Å². The number of thioether (sulfide) groups is 1. The van der Waals surface area contributed by atoms with Crippen LogP contribution >= 0.6 is 11.8 Å². The molecule has 2 unspecified atom stereocenters. The number of sulfonamides is 1. The van der Waals surface area contributed by atoms with Crippen LogP contribution in [0.4, 0.5) is 0 Å². The quantitative estimate of drug-likeness (QED) is 0.822. The molecule has 0 saturated carbocycles. The molecule has 0 amide bonds. The SMILES string of the molecule is Cc1cccc(S(=O)(=O)N2CC3CC2CS3)c1. The molecule has 2 aliphatic heterocycles. The van der Waals surface area contributed by atoms with Gasteiger partial charge in [-0.05, 0) is 31.0 Å². The third-order valence-corrected chi connectivity index (χ3v) is 6.75. The first-order chi connectivity index (χ1) is 8.07. The average Bonchev–Trinajstić information content (AvgIpc) is 2.91. The molecular weight excluding hydrogens is 254 g/mol. The number of nitrogens with zero attached hydrogens (tertiary/aromatic N) is 1. The van der Waals surface area contributed by atoms with Crippen LogP contribution in [-0.2, 0) is 10.0 Å². The molecule has 2 heterocycles. The van der Waals surface area contributed by atoms with Crippen molar-refractivity contribution >= 4 is 21.8 Å². The van der Waals surface area contributed by atoms with Crippen LogP contribution in [0.25, 0.3) is 0 Å². The molecule has 17 heavy (non-hydrogen) atoms. The minimum absolute atomic E-state index is 0.218. The zero-order chi connectivity index (χ0) is 12.0. The summed E-state index contributed by atoms with van der Waals surface area (Å²) in [6.45, 7) is 2.61. The van der Waals surface area contributed by atoms with E-state index in [9.17, 15) is 8.42 Å². The van der Waals surface area contributed by atoms with Gasteiger partial charge in [-0.15, -0.1) is 0 Å². The molecule has 2 atom stereocenters. The molecule has 92 valence electrons. The van der Waals surface area contributed by atoms with E-state index in [1.165, 1.54) is 0 Å². The largest absolute Gasteiger partial charge is 0.243 e. The van der Waals surface area contributed by atoms with Crippen molar-refractivity contribution in [1.82, 2.24) is 4.31 Å². The third kappa shape index (κ3) is 1.90. The van der Waals surface area contributed by atoms with E-state index in [1.807, 2.05) is 30.8 Å². The monoisotopic (exact) mass is 269 g/mol. The number of fused-ring (bicyclic) bond motifs is 2. The predicted molar refractivity (Wildman–Crippen MR) is 69.7 cm³/mol. The smallest absolute Gasteiger partial charge is 0.207 e. The van der Waals surface area contributed by atoms with Gasteiger partial charge >= 0.3 is 0 Å². The van der Waals surface area contributed by atoms with Gasteiger partial charge in [0.25, 0.3) is 0 Å². The minimum atomic E-state index is -3.27. The number of hydrogen-bond donors (Lipinski definition) is 0. The lowest BCUT2D eigenvalue weighted by Crippen LogP contribution is -2.39. The van der Waals surface area contributed by atoms with Gasteiger partial charge in [-0.1, -0.05) is 12.1 Å². The van der Waals surface area contributed by atoms with E-state index in [-0.39, 0.29) is 6.04 Å². The molecule has 1 aromatic rings. The fourth-order valence-corrected chi connectivity index (χ4v) is 5.98. The molecule has 2 saturated heterocycles. The normalized spacial score (nSPS) is 28.8. The van der Waals surface area contributed by atoms with Gasteiger partial charge < -0.3 is 0 Å². The second-order valence-corrected chi connectivity index (χ2v) is 7.96. The number of rotatable bonds is 2. The Bertz CT molecular complexity index is 541. The van der Waals surface area contributed by atoms with E-state index in [1.54, 1.807) is 16.4 Å². The van der Waals surface area contributed by atoms with Gasteiger partial charge in [0.05, 0.1) is 4.90 Å². The zero-order valence-electron chi connectivity index (χ0n) is 9.67. The first-order valence-corrected chi connectivity index (χ1v) is 8.26. The lowest BCUT2D eigenvalue weighted by Gasteiger charge is -2.25. The van der Waals surface area contributed by atoms with Gasteiger partial charge in [0.1, 0.15) is 0 Å². The van der Waals surface area contributed by atoms with Crippen LogP contribution in [-0.4, -0.2) is 36.3 Å². The van der Waals surface area contributed by atoms with Crippen LogP contribution in [0.5, 0.6) is 0 Å². The minimum Gasteiger partial charge on any atom is -0.207 e. The topological polar surface area (TPSA) is 37.4 Å². The molecule has 0 aliphatic carbocycles. The fourth-order valence-electron chi connectivity index (χ4n) is 2.57. The van der Waals surface area contributed by atoms with E-state index >= 15 is 0 Å². The fraction of sp³-hybridized carbons (Fsp3) is 0.500. The second-order valence-electron chi connectivity index (χ2n) is 4.74. The van der Waals surface area contributed by atoms with Crippen LogP contribution in [0.15, 0.2) is 29.2 Å². The Kier molecular flexibility index (Phi) is 2.72. The molecule has 2 bridgehead atoms. The highest BCUT2D eigenvalue weighted by Gasteiger charge is 2.44. The Hall–Kier alpha value is -0.520. The van der Waals surface area contributed by atoms with Crippen molar-refractivity contribution in [2.75, 3.05) is 12.3 Å². The summed E-state index contributed by atoms with van der Waals surface area (Å²) in [6.07, 6.45) is 1.02. The second kappa shape index (κ2) is 4.00. The summed E-state index contributed by atoms with van der Waals surface area (Å²) >= 11 is 1.90. The standard InChI is InChI=1S/C12H15NO2S2/c1-9-3-2-4-12(5-9)17(14,15)13-7-11-6-10(13)8-16-11/h2-5,10-11H,6-8H2,1H3. The molecule has 3 nitrogen and oxygen atoms in total. The first kappa shape index (κ1) is 11.6. The Morgan fingerprint density at radius 2 is 2.24 bits per heavy atom. The maximum atomic E-state index is 12.5. The van der Waals surface area contributed by atoms with Gasteiger partial charge in [0, 0.05) is 23.6 Å². The summed E-state index contributed by atoms with van der Waals surface area (Å²) in [4.78, 5) is 0.440. The summed E-state index contributed by atoms with van der Waals surface area (Å²) in [5, 5.41) is 0.514. The Morgan fingerprint density at radius 1 is 1.41 bits per heavy atom. The lowest BCUT2D eigenvalue weighted by atomic mass is 10.2.